The third-order valence-corrected chi connectivity index (χ3v) is 3.80. The van der Waals surface area contributed by atoms with Gasteiger partial charge in [-0.1, -0.05) is 29.8 Å². The average Bonchev–Trinajstić information content (AvgIpc) is 2.65. The highest BCUT2D eigenvalue weighted by atomic mass is 35.5. The summed E-state index contributed by atoms with van der Waals surface area (Å²) in [7, 11) is 1.59. The van der Waals surface area contributed by atoms with Gasteiger partial charge in [-0.15, -0.1) is 0 Å². The lowest BCUT2D eigenvalue weighted by molar-refractivity contribution is 0.0927. The number of hydrogen-bond donors (Lipinski definition) is 2. The molecule has 0 saturated heterocycles. The van der Waals surface area contributed by atoms with Crippen molar-refractivity contribution in [1.29, 1.82) is 0 Å². The van der Waals surface area contributed by atoms with Crippen LogP contribution in [-0.4, -0.2) is 45.2 Å². The Bertz CT molecular complexity index is 752. The summed E-state index contributed by atoms with van der Waals surface area (Å²) in [4.78, 5) is 24.2. The SMILES string of the molecule is COCCOc1cccc(C(=O)NCCNC(=O)c2ccccc2Cl)c1. The first-order valence-electron chi connectivity index (χ1n) is 8.14. The molecule has 6 nitrogen and oxygen atoms in total. The molecule has 0 bridgehead atoms. The van der Waals surface area contributed by atoms with Crippen LogP contribution in [0.2, 0.25) is 5.02 Å². The topological polar surface area (TPSA) is 76.7 Å². The Labute approximate surface area is 157 Å². The summed E-state index contributed by atoms with van der Waals surface area (Å²) in [6.45, 7) is 1.47. The van der Waals surface area contributed by atoms with Gasteiger partial charge in [0.2, 0.25) is 0 Å². The van der Waals surface area contributed by atoms with Crippen molar-refractivity contribution in [2.45, 2.75) is 0 Å². The van der Waals surface area contributed by atoms with Crippen molar-refractivity contribution in [1.82, 2.24) is 10.6 Å². The molecule has 0 saturated carbocycles. The molecule has 0 unspecified atom stereocenters. The van der Waals surface area contributed by atoms with Crippen LogP contribution in [-0.2, 0) is 4.74 Å². The maximum Gasteiger partial charge on any atom is 0.252 e. The van der Waals surface area contributed by atoms with Gasteiger partial charge in [0, 0.05) is 25.8 Å². The van der Waals surface area contributed by atoms with Crippen LogP contribution in [0.5, 0.6) is 5.75 Å². The van der Waals surface area contributed by atoms with Gasteiger partial charge < -0.3 is 20.1 Å². The van der Waals surface area contributed by atoms with E-state index < -0.39 is 0 Å². The third kappa shape index (κ3) is 6.06. The highest BCUT2D eigenvalue weighted by Crippen LogP contribution is 2.14. The lowest BCUT2D eigenvalue weighted by atomic mass is 10.2. The molecule has 0 aromatic heterocycles. The summed E-state index contributed by atoms with van der Waals surface area (Å²) < 4.78 is 10.4. The molecule has 2 aromatic rings. The van der Waals surface area contributed by atoms with Crippen molar-refractivity contribution < 1.29 is 19.1 Å². The number of nitrogens with one attached hydrogen (secondary N) is 2. The van der Waals surface area contributed by atoms with E-state index in [-0.39, 0.29) is 11.8 Å². The molecule has 0 heterocycles. The van der Waals surface area contributed by atoms with Crippen molar-refractivity contribution in [2.75, 3.05) is 33.4 Å². The Kier molecular flexibility index (Phi) is 7.92. The zero-order chi connectivity index (χ0) is 18.8. The maximum absolute atomic E-state index is 12.2. The quantitative estimate of drug-likeness (QED) is 0.659. The molecule has 2 N–H and O–H groups in total. The van der Waals surface area contributed by atoms with E-state index >= 15 is 0 Å². The normalized spacial score (nSPS) is 10.2. The van der Waals surface area contributed by atoms with Crippen molar-refractivity contribution in [3.05, 3.63) is 64.7 Å². The molecular formula is C19H21ClN2O4. The summed E-state index contributed by atoms with van der Waals surface area (Å²) in [6, 6.07) is 13.7. The Morgan fingerprint density at radius 3 is 2.42 bits per heavy atom. The van der Waals surface area contributed by atoms with E-state index in [1.165, 1.54) is 0 Å². The minimum atomic E-state index is -0.279. The highest BCUT2D eigenvalue weighted by molar-refractivity contribution is 6.33. The van der Waals surface area contributed by atoms with Gasteiger partial charge in [-0.2, -0.15) is 0 Å². The van der Waals surface area contributed by atoms with E-state index in [4.69, 9.17) is 21.1 Å². The molecule has 0 aliphatic carbocycles. The van der Waals surface area contributed by atoms with Crippen LogP contribution in [0.3, 0.4) is 0 Å². The lowest BCUT2D eigenvalue weighted by Gasteiger charge is -2.09. The molecule has 7 heteroatoms. The number of carbonyl (C=O) groups excluding carboxylic acids is 2. The lowest BCUT2D eigenvalue weighted by Crippen LogP contribution is -2.34. The van der Waals surface area contributed by atoms with Crippen molar-refractivity contribution in [3.8, 4) is 5.75 Å². The summed E-state index contributed by atoms with van der Waals surface area (Å²) in [5.74, 6) is 0.0781. The molecule has 0 aliphatic rings. The number of amides is 2. The first-order chi connectivity index (χ1) is 12.6. The van der Waals surface area contributed by atoms with E-state index in [0.29, 0.717) is 48.2 Å². The molecule has 26 heavy (non-hydrogen) atoms. The van der Waals surface area contributed by atoms with Crippen LogP contribution < -0.4 is 15.4 Å². The summed E-state index contributed by atoms with van der Waals surface area (Å²) in [6.07, 6.45) is 0. The molecule has 2 aromatic carbocycles. The molecule has 0 aliphatic heterocycles. The van der Waals surface area contributed by atoms with E-state index in [0.717, 1.165) is 0 Å². The van der Waals surface area contributed by atoms with Crippen LogP contribution in [0.25, 0.3) is 0 Å². The Morgan fingerprint density at radius 1 is 0.962 bits per heavy atom. The minimum absolute atomic E-state index is 0.241. The standard InChI is InChI=1S/C19H21ClN2O4/c1-25-11-12-26-15-6-4-5-14(13-15)18(23)21-9-10-22-19(24)16-7-2-3-8-17(16)20/h2-8,13H,9-12H2,1H3,(H,21,23)(H,22,24). The van der Waals surface area contributed by atoms with Gasteiger partial charge in [0.25, 0.3) is 11.8 Å². The largest absolute Gasteiger partial charge is 0.491 e. The van der Waals surface area contributed by atoms with E-state index in [1.54, 1.807) is 55.6 Å². The predicted octanol–water partition coefficient (Wildman–Crippen LogP) is 2.53. The molecule has 2 amide bonds. The fourth-order valence-corrected chi connectivity index (χ4v) is 2.39. The number of halogens is 1. The zero-order valence-corrected chi connectivity index (χ0v) is 15.2. The first-order valence-corrected chi connectivity index (χ1v) is 8.52. The van der Waals surface area contributed by atoms with Gasteiger partial charge >= 0.3 is 0 Å². The summed E-state index contributed by atoms with van der Waals surface area (Å²) >= 11 is 5.97. The molecule has 138 valence electrons. The molecule has 0 spiro atoms. The van der Waals surface area contributed by atoms with Crippen LogP contribution in [0.15, 0.2) is 48.5 Å². The maximum atomic E-state index is 12.2. The van der Waals surface area contributed by atoms with E-state index in [2.05, 4.69) is 10.6 Å². The average molecular weight is 377 g/mol. The number of methoxy groups -OCH3 is 1. The Balaban J connectivity index is 1.77. The molecule has 0 atom stereocenters. The van der Waals surface area contributed by atoms with E-state index in [9.17, 15) is 9.59 Å². The van der Waals surface area contributed by atoms with Gasteiger partial charge in [0.15, 0.2) is 0 Å². The van der Waals surface area contributed by atoms with Crippen molar-refractivity contribution in [3.63, 3.8) is 0 Å². The van der Waals surface area contributed by atoms with Gasteiger partial charge in [-0.25, -0.2) is 0 Å². The molecule has 0 fully saturated rings. The van der Waals surface area contributed by atoms with Gasteiger partial charge in [0.1, 0.15) is 12.4 Å². The first kappa shape index (κ1) is 19.8. The van der Waals surface area contributed by atoms with Gasteiger partial charge in [0.05, 0.1) is 17.2 Å². The number of carbonyl (C=O) groups is 2. The Hall–Kier alpha value is -2.57. The van der Waals surface area contributed by atoms with Crippen molar-refractivity contribution in [2.24, 2.45) is 0 Å². The molecule has 0 radical (unpaired) electrons. The second-order valence-corrected chi connectivity index (χ2v) is 5.77. The highest BCUT2D eigenvalue weighted by Gasteiger charge is 2.09. The molecular weight excluding hydrogens is 356 g/mol. The van der Waals surface area contributed by atoms with Crippen LogP contribution >= 0.6 is 11.6 Å². The smallest absolute Gasteiger partial charge is 0.252 e. The summed E-state index contributed by atoms with van der Waals surface area (Å²) in [5.41, 5.74) is 0.888. The van der Waals surface area contributed by atoms with Crippen molar-refractivity contribution >= 4 is 23.4 Å². The number of ether oxygens (including phenoxy) is 2. The number of hydrogen-bond acceptors (Lipinski definition) is 4. The van der Waals surface area contributed by atoms with Gasteiger partial charge in [-0.05, 0) is 30.3 Å². The van der Waals surface area contributed by atoms with Crippen LogP contribution in [0, 0.1) is 0 Å². The van der Waals surface area contributed by atoms with E-state index in [1.807, 2.05) is 0 Å². The zero-order valence-electron chi connectivity index (χ0n) is 14.5. The monoisotopic (exact) mass is 376 g/mol. The fourth-order valence-electron chi connectivity index (χ4n) is 2.16. The third-order valence-electron chi connectivity index (χ3n) is 3.47. The predicted molar refractivity (Wildman–Crippen MR) is 99.9 cm³/mol. The number of rotatable bonds is 9. The van der Waals surface area contributed by atoms with Crippen LogP contribution in [0.4, 0.5) is 0 Å². The molecule has 2 rings (SSSR count). The summed E-state index contributed by atoms with van der Waals surface area (Å²) in [5, 5.41) is 5.85. The Morgan fingerprint density at radius 2 is 1.69 bits per heavy atom. The van der Waals surface area contributed by atoms with Crippen LogP contribution in [0.1, 0.15) is 20.7 Å². The number of benzene rings is 2. The van der Waals surface area contributed by atoms with Gasteiger partial charge in [-0.3, -0.25) is 9.59 Å². The fraction of sp³-hybridized carbons (Fsp3) is 0.263. The minimum Gasteiger partial charge on any atom is -0.491 e. The second kappa shape index (κ2) is 10.4. The second-order valence-electron chi connectivity index (χ2n) is 5.36.